The maximum atomic E-state index is 11.0. The molecule has 108 valence electrons. The number of carbonyl (C=O) groups excluding carboxylic acids is 1. The monoisotopic (exact) mass is 288 g/mol. The van der Waals surface area contributed by atoms with Crippen molar-refractivity contribution in [1.29, 1.82) is 0 Å². The van der Waals surface area contributed by atoms with E-state index in [1.807, 2.05) is 0 Å². The Bertz CT molecular complexity index is 682. The first kappa shape index (κ1) is 14.3. The Morgan fingerprint density at radius 2 is 1.86 bits per heavy atom. The number of methoxy groups -OCH3 is 1. The van der Waals surface area contributed by atoms with E-state index in [2.05, 4.69) is 4.98 Å². The number of nitrogens with two attached hydrogens (primary N) is 1. The van der Waals surface area contributed by atoms with E-state index in [0.29, 0.717) is 5.75 Å². The highest BCUT2D eigenvalue weighted by Crippen LogP contribution is 2.31. The number of rotatable bonds is 5. The van der Waals surface area contributed by atoms with Crippen LogP contribution in [0.4, 0.5) is 0 Å². The van der Waals surface area contributed by atoms with E-state index in [1.54, 1.807) is 0 Å². The van der Waals surface area contributed by atoms with Crippen molar-refractivity contribution in [1.82, 2.24) is 4.98 Å². The van der Waals surface area contributed by atoms with Crippen molar-refractivity contribution >= 4 is 11.9 Å². The molecule has 3 N–H and O–H groups in total. The molecule has 1 aromatic carbocycles. The fraction of sp³-hybridized carbons (Fsp3) is 0.0714. The Hall–Kier alpha value is -3.09. The van der Waals surface area contributed by atoms with E-state index in [1.165, 1.54) is 43.6 Å². The van der Waals surface area contributed by atoms with Crippen molar-refractivity contribution < 1.29 is 24.2 Å². The van der Waals surface area contributed by atoms with E-state index >= 15 is 0 Å². The number of aromatic nitrogens is 1. The summed E-state index contributed by atoms with van der Waals surface area (Å²) in [5.41, 5.74) is 5.41. The molecular formula is C14H12N2O5. The molecule has 0 saturated heterocycles. The number of carboxylic acids is 1. The largest absolute Gasteiger partial charge is 0.493 e. The molecule has 0 radical (unpaired) electrons. The Morgan fingerprint density at radius 1 is 1.14 bits per heavy atom. The van der Waals surface area contributed by atoms with Gasteiger partial charge in [-0.15, -0.1) is 0 Å². The number of carboxylic acid groups (broad SMARTS) is 1. The standard InChI is InChI=1S/C14H12N2O5/c1-20-10-4-2-8(14(18)19)6-11(10)21-12-5-3-9(7-16-12)13(15)17/h2-7H,1H3,(H2,15,17)(H,18,19). The highest BCUT2D eigenvalue weighted by molar-refractivity contribution is 5.92. The fourth-order valence-electron chi connectivity index (χ4n) is 1.59. The van der Waals surface area contributed by atoms with Crippen LogP contribution in [0.15, 0.2) is 36.5 Å². The molecule has 0 bridgehead atoms. The van der Waals surface area contributed by atoms with E-state index in [9.17, 15) is 9.59 Å². The van der Waals surface area contributed by atoms with Crippen molar-refractivity contribution in [3.63, 3.8) is 0 Å². The molecule has 1 heterocycles. The summed E-state index contributed by atoms with van der Waals surface area (Å²) in [5.74, 6) is -0.933. The second kappa shape index (κ2) is 5.91. The SMILES string of the molecule is COc1ccc(C(=O)O)cc1Oc1ccc(C(N)=O)cn1. The molecule has 21 heavy (non-hydrogen) atoms. The summed E-state index contributed by atoms with van der Waals surface area (Å²) in [6.07, 6.45) is 1.27. The molecule has 7 heteroatoms. The lowest BCUT2D eigenvalue weighted by Crippen LogP contribution is -2.10. The normalized spacial score (nSPS) is 9.95. The molecule has 7 nitrogen and oxygen atoms in total. The van der Waals surface area contributed by atoms with Gasteiger partial charge in [-0.1, -0.05) is 0 Å². The fourth-order valence-corrected chi connectivity index (χ4v) is 1.59. The number of ether oxygens (including phenoxy) is 2. The molecule has 2 aromatic rings. The molecule has 0 aliphatic carbocycles. The lowest BCUT2D eigenvalue weighted by Gasteiger charge is -2.10. The second-order valence-electron chi connectivity index (χ2n) is 4.02. The number of aromatic carboxylic acids is 1. The summed E-state index contributed by atoms with van der Waals surface area (Å²) in [7, 11) is 1.44. The van der Waals surface area contributed by atoms with Crippen LogP contribution in [0, 0.1) is 0 Å². The predicted octanol–water partition coefficient (Wildman–Crippen LogP) is 1.68. The van der Waals surface area contributed by atoms with Gasteiger partial charge in [0.05, 0.1) is 18.2 Å². The summed E-state index contributed by atoms with van der Waals surface area (Å²) in [6, 6.07) is 7.12. The molecule has 1 amide bonds. The van der Waals surface area contributed by atoms with Crippen LogP contribution in [-0.2, 0) is 0 Å². The smallest absolute Gasteiger partial charge is 0.335 e. The number of hydrogen-bond acceptors (Lipinski definition) is 5. The molecule has 0 saturated carbocycles. The molecular weight excluding hydrogens is 276 g/mol. The van der Waals surface area contributed by atoms with Crippen LogP contribution < -0.4 is 15.2 Å². The Kier molecular flexibility index (Phi) is 4.03. The van der Waals surface area contributed by atoms with Gasteiger partial charge in [0.2, 0.25) is 11.8 Å². The lowest BCUT2D eigenvalue weighted by atomic mass is 10.2. The molecule has 0 spiro atoms. The van der Waals surface area contributed by atoms with Crippen molar-refractivity contribution in [2.45, 2.75) is 0 Å². The van der Waals surface area contributed by atoms with E-state index in [-0.39, 0.29) is 22.8 Å². The molecule has 0 fully saturated rings. The van der Waals surface area contributed by atoms with Crippen LogP contribution in [0.3, 0.4) is 0 Å². The van der Waals surface area contributed by atoms with Crippen LogP contribution >= 0.6 is 0 Å². The number of pyridine rings is 1. The topological polar surface area (TPSA) is 112 Å². The third-order valence-corrected chi connectivity index (χ3v) is 2.65. The molecule has 0 aliphatic heterocycles. The van der Waals surface area contributed by atoms with Gasteiger partial charge in [0.1, 0.15) is 0 Å². The van der Waals surface area contributed by atoms with Crippen molar-refractivity contribution in [3.8, 4) is 17.4 Å². The molecule has 0 atom stereocenters. The number of carbonyl (C=O) groups is 2. The van der Waals surface area contributed by atoms with Gasteiger partial charge in [0.15, 0.2) is 11.5 Å². The first-order valence-corrected chi connectivity index (χ1v) is 5.86. The number of benzene rings is 1. The number of amides is 1. The Balaban J connectivity index is 2.31. The highest BCUT2D eigenvalue weighted by atomic mass is 16.5. The second-order valence-corrected chi connectivity index (χ2v) is 4.02. The average molecular weight is 288 g/mol. The predicted molar refractivity (Wildman–Crippen MR) is 72.8 cm³/mol. The van der Waals surface area contributed by atoms with Gasteiger partial charge in [0.25, 0.3) is 0 Å². The first-order valence-electron chi connectivity index (χ1n) is 5.86. The lowest BCUT2D eigenvalue weighted by molar-refractivity contribution is 0.0696. The van der Waals surface area contributed by atoms with Crippen molar-refractivity contribution in [2.75, 3.05) is 7.11 Å². The number of hydrogen-bond donors (Lipinski definition) is 2. The minimum absolute atomic E-state index is 0.0551. The van der Waals surface area contributed by atoms with Crippen molar-refractivity contribution in [3.05, 3.63) is 47.7 Å². The third-order valence-electron chi connectivity index (χ3n) is 2.65. The zero-order chi connectivity index (χ0) is 15.4. The van der Waals surface area contributed by atoms with E-state index in [4.69, 9.17) is 20.3 Å². The van der Waals surface area contributed by atoms with Crippen LogP contribution in [-0.4, -0.2) is 29.1 Å². The van der Waals surface area contributed by atoms with Crippen LogP contribution in [0.2, 0.25) is 0 Å². The average Bonchev–Trinajstić information content (AvgIpc) is 2.47. The zero-order valence-corrected chi connectivity index (χ0v) is 11.1. The van der Waals surface area contributed by atoms with Gasteiger partial charge in [-0.05, 0) is 24.3 Å². The Labute approximate surface area is 119 Å². The first-order chi connectivity index (χ1) is 10.0. The van der Waals surface area contributed by atoms with Gasteiger partial charge < -0.3 is 20.3 Å². The molecule has 0 aliphatic rings. The van der Waals surface area contributed by atoms with Gasteiger partial charge >= 0.3 is 5.97 Å². The molecule has 0 unspecified atom stereocenters. The van der Waals surface area contributed by atoms with E-state index in [0.717, 1.165) is 0 Å². The summed E-state index contributed by atoms with van der Waals surface area (Å²) < 4.78 is 10.6. The summed E-state index contributed by atoms with van der Waals surface area (Å²) in [4.78, 5) is 25.8. The van der Waals surface area contributed by atoms with Gasteiger partial charge in [-0.25, -0.2) is 9.78 Å². The van der Waals surface area contributed by atoms with Gasteiger partial charge in [-0.2, -0.15) is 0 Å². The van der Waals surface area contributed by atoms with Gasteiger partial charge in [0, 0.05) is 12.3 Å². The molecule has 1 aromatic heterocycles. The quantitative estimate of drug-likeness (QED) is 0.865. The summed E-state index contributed by atoms with van der Waals surface area (Å²) in [5, 5.41) is 8.97. The third kappa shape index (κ3) is 3.27. The maximum Gasteiger partial charge on any atom is 0.335 e. The summed E-state index contributed by atoms with van der Waals surface area (Å²) >= 11 is 0. The van der Waals surface area contributed by atoms with E-state index < -0.39 is 11.9 Å². The number of nitrogens with zero attached hydrogens (tertiary/aromatic N) is 1. The zero-order valence-electron chi connectivity index (χ0n) is 11.1. The minimum Gasteiger partial charge on any atom is -0.493 e. The van der Waals surface area contributed by atoms with Crippen molar-refractivity contribution in [2.24, 2.45) is 5.73 Å². The Morgan fingerprint density at radius 3 is 2.38 bits per heavy atom. The summed E-state index contributed by atoms with van der Waals surface area (Å²) in [6.45, 7) is 0. The van der Waals surface area contributed by atoms with Crippen LogP contribution in [0.5, 0.6) is 17.4 Å². The molecule has 2 rings (SSSR count). The van der Waals surface area contributed by atoms with Crippen LogP contribution in [0.25, 0.3) is 0 Å². The maximum absolute atomic E-state index is 11.0. The van der Waals surface area contributed by atoms with Gasteiger partial charge in [-0.3, -0.25) is 4.79 Å². The number of primary amides is 1. The minimum atomic E-state index is -1.08. The van der Waals surface area contributed by atoms with Crippen LogP contribution in [0.1, 0.15) is 20.7 Å². The highest BCUT2D eigenvalue weighted by Gasteiger charge is 2.12.